The second kappa shape index (κ2) is 3.88. The molecule has 3 nitrogen and oxygen atoms in total. The summed E-state index contributed by atoms with van der Waals surface area (Å²) < 4.78 is 1.79. The van der Waals surface area contributed by atoms with Crippen LogP contribution in [-0.2, 0) is 6.54 Å². The van der Waals surface area contributed by atoms with E-state index in [1.807, 2.05) is 19.2 Å². The molecule has 0 radical (unpaired) electrons. The summed E-state index contributed by atoms with van der Waals surface area (Å²) in [5.41, 5.74) is 0.726. The topological polar surface area (TPSA) is 38.0 Å². The van der Waals surface area contributed by atoms with Crippen LogP contribution in [0.25, 0.3) is 0 Å². The van der Waals surface area contributed by atoms with E-state index in [4.69, 9.17) is 0 Å². The van der Waals surface area contributed by atoms with Crippen molar-refractivity contribution in [3.63, 3.8) is 0 Å². The van der Waals surface area contributed by atoms with Crippen molar-refractivity contribution in [2.45, 2.75) is 19.6 Å². The van der Waals surface area contributed by atoms with E-state index in [-0.39, 0.29) is 0 Å². The number of aryl methyl sites for hydroxylation is 1. The number of halogens is 1. The zero-order valence-electron chi connectivity index (χ0n) is 6.37. The first-order valence-corrected chi connectivity index (χ1v) is 4.67. The highest BCUT2D eigenvalue weighted by Gasteiger charge is 2.07. The molecule has 1 N–H and O–H groups in total. The van der Waals surface area contributed by atoms with Gasteiger partial charge in [-0.05, 0) is 13.0 Å². The first-order valence-electron chi connectivity index (χ1n) is 3.55. The summed E-state index contributed by atoms with van der Waals surface area (Å²) in [5.74, 6) is 0. The Morgan fingerprint density at radius 2 is 2.55 bits per heavy atom. The summed E-state index contributed by atoms with van der Waals surface area (Å²) in [6.07, 6.45) is 1.38. The predicted molar refractivity (Wildman–Crippen MR) is 46.7 cm³/mol. The maximum atomic E-state index is 9.32. The smallest absolute Gasteiger partial charge is 0.107 e. The van der Waals surface area contributed by atoms with Gasteiger partial charge in [0.1, 0.15) is 6.10 Å². The van der Waals surface area contributed by atoms with Gasteiger partial charge in [0, 0.05) is 18.1 Å². The van der Waals surface area contributed by atoms with Gasteiger partial charge in [0.2, 0.25) is 0 Å². The van der Waals surface area contributed by atoms with E-state index in [0.29, 0.717) is 5.33 Å². The lowest BCUT2D eigenvalue weighted by atomic mass is 10.3. The molecule has 1 atom stereocenters. The van der Waals surface area contributed by atoms with Crippen LogP contribution in [0.1, 0.15) is 18.7 Å². The van der Waals surface area contributed by atoms with Gasteiger partial charge in [0.15, 0.2) is 0 Å². The van der Waals surface area contributed by atoms with Gasteiger partial charge in [-0.15, -0.1) is 0 Å². The fourth-order valence-electron chi connectivity index (χ4n) is 0.810. The third-order valence-electron chi connectivity index (χ3n) is 1.47. The number of nitrogens with zero attached hydrogens (tertiary/aromatic N) is 2. The summed E-state index contributed by atoms with van der Waals surface area (Å²) in [6.45, 7) is 2.85. The van der Waals surface area contributed by atoms with Crippen LogP contribution in [-0.4, -0.2) is 20.2 Å². The largest absolute Gasteiger partial charge is 0.386 e. The van der Waals surface area contributed by atoms with Crippen molar-refractivity contribution in [2.24, 2.45) is 0 Å². The molecule has 0 aliphatic rings. The van der Waals surface area contributed by atoms with Crippen LogP contribution in [0.4, 0.5) is 0 Å². The van der Waals surface area contributed by atoms with Crippen molar-refractivity contribution in [3.05, 3.63) is 18.0 Å². The van der Waals surface area contributed by atoms with Crippen molar-refractivity contribution in [1.82, 2.24) is 9.78 Å². The highest BCUT2D eigenvalue weighted by atomic mass is 79.9. The van der Waals surface area contributed by atoms with Crippen LogP contribution in [0.15, 0.2) is 12.3 Å². The molecule has 11 heavy (non-hydrogen) atoms. The van der Waals surface area contributed by atoms with Gasteiger partial charge in [-0.25, -0.2) is 0 Å². The molecule has 0 spiro atoms. The molecule has 1 aromatic rings. The number of rotatable bonds is 3. The molecule has 1 rings (SSSR count). The maximum Gasteiger partial charge on any atom is 0.107 e. The average Bonchev–Trinajstić information content (AvgIpc) is 2.50. The number of hydrogen-bond donors (Lipinski definition) is 1. The minimum atomic E-state index is -0.484. The standard InChI is InChI=1S/C7H11BrN2O/c1-2-10-4-3-6(9-10)7(11)5-8/h3-4,7,11H,2,5H2,1H3. The molecule has 1 heterocycles. The lowest BCUT2D eigenvalue weighted by Crippen LogP contribution is -2.01. The van der Waals surface area contributed by atoms with Crippen LogP contribution in [0, 0.1) is 0 Å². The molecule has 0 saturated heterocycles. The van der Waals surface area contributed by atoms with Gasteiger partial charge in [-0.3, -0.25) is 4.68 Å². The minimum absolute atomic E-state index is 0.484. The Hall–Kier alpha value is -0.350. The van der Waals surface area contributed by atoms with Crippen LogP contribution in [0.5, 0.6) is 0 Å². The molecule has 1 aromatic heterocycles. The van der Waals surface area contributed by atoms with Gasteiger partial charge in [-0.1, -0.05) is 15.9 Å². The zero-order valence-corrected chi connectivity index (χ0v) is 7.95. The highest BCUT2D eigenvalue weighted by Crippen LogP contribution is 2.11. The Morgan fingerprint density at radius 3 is 3.00 bits per heavy atom. The van der Waals surface area contributed by atoms with Crippen molar-refractivity contribution in [2.75, 3.05) is 5.33 Å². The number of aromatic nitrogens is 2. The van der Waals surface area contributed by atoms with Crippen LogP contribution >= 0.6 is 15.9 Å². The fourth-order valence-corrected chi connectivity index (χ4v) is 1.14. The van der Waals surface area contributed by atoms with E-state index in [0.717, 1.165) is 12.2 Å². The van der Waals surface area contributed by atoms with E-state index in [9.17, 15) is 5.11 Å². The van der Waals surface area contributed by atoms with Crippen molar-refractivity contribution >= 4 is 15.9 Å². The third-order valence-corrected chi connectivity index (χ3v) is 2.09. The monoisotopic (exact) mass is 218 g/mol. The molecular formula is C7H11BrN2O. The molecule has 0 aliphatic heterocycles. The average molecular weight is 219 g/mol. The molecule has 0 bridgehead atoms. The Labute approximate surface area is 74.2 Å². The SMILES string of the molecule is CCn1ccc(C(O)CBr)n1. The summed E-state index contributed by atoms with van der Waals surface area (Å²) in [7, 11) is 0. The molecule has 1 unspecified atom stereocenters. The molecule has 4 heteroatoms. The highest BCUT2D eigenvalue weighted by molar-refractivity contribution is 9.09. The normalized spacial score (nSPS) is 13.4. The van der Waals surface area contributed by atoms with Gasteiger partial charge in [-0.2, -0.15) is 5.10 Å². The third kappa shape index (κ3) is 2.04. The predicted octanol–water partition coefficient (Wildman–Crippen LogP) is 1.33. The number of hydrogen-bond acceptors (Lipinski definition) is 2. The number of aliphatic hydroxyl groups is 1. The Balaban J connectivity index is 2.71. The Morgan fingerprint density at radius 1 is 1.82 bits per heavy atom. The van der Waals surface area contributed by atoms with Crippen molar-refractivity contribution in [1.29, 1.82) is 0 Å². The first-order chi connectivity index (χ1) is 5.27. The van der Waals surface area contributed by atoms with E-state index in [1.165, 1.54) is 0 Å². The first kappa shape index (κ1) is 8.74. The summed E-state index contributed by atoms with van der Waals surface area (Å²) in [4.78, 5) is 0. The van der Waals surface area contributed by atoms with E-state index in [1.54, 1.807) is 4.68 Å². The van der Waals surface area contributed by atoms with Crippen molar-refractivity contribution < 1.29 is 5.11 Å². The second-order valence-electron chi connectivity index (χ2n) is 2.27. The maximum absolute atomic E-state index is 9.32. The van der Waals surface area contributed by atoms with Gasteiger partial charge in [0.25, 0.3) is 0 Å². The second-order valence-corrected chi connectivity index (χ2v) is 2.91. The quantitative estimate of drug-likeness (QED) is 0.778. The van der Waals surface area contributed by atoms with E-state index >= 15 is 0 Å². The summed E-state index contributed by atoms with van der Waals surface area (Å²) in [6, 6.07) is 1.83. The molecule has 62 valence electrons. The molecular weight excluding hydrogens is 208 g/mol. The molecule has 0 amide bonds. The molecule has 0 saturated carbocycles. The van der Waals surface area contributed by atoms with Gasteiger partial charge in [0.05, 0.1) is 5.69 Å². The fraction of sp³-hybridized carbons (Fsp3) is 0.571. The number of alkyl halides is 1. The van der Waals surface area contributed by atoms with Crippen molar-refractivity contribution in [3.8, 4) is 0 Å². The van der Waals surface area contributed by atoms with Crippen LogP contribution in [0.2, 0.25) is 0 Å². The van der Waals surface area contributed by atoms with Gasteiger partial charge < -0.3 is 5.11 Å². The molecule has 0 aliphatic carbocycles. The zero-order chi connectivity index (χ0) is 8.27. The minimum Gasteiger partial charge on any atom is -0.386 e. The summed E-state index contributed by atoms with van der Waals surface area (Å²) >= 11 is 3.18. The van der Waals surface area contributed by atoms with Gasteiger partial charge >= 0.3 is 0 Å². The Kier molecular flexibility index (Phi) is 3.08. The van der Waals surface area contributed by atoms with Crippen LogP contribution < -0.4 is 0 Å². The summed E-state index contributed by atoms with van der Waals surface area (Å²) in [5, 5.41) is 14.0. The molecule has 0 fully saturated rings. The molecule has 0 aromatic carbocycles. The number of aliphatic hydroxyl groups excluding tert-OH is 1. The van der Waals surface area contributed by atoms with E-state index in [2.05, 4.69) is 21.0 Å². The lowest BCUT2D eigenvalue weighted by Gasteiger charge is -2.00. The Bertz CT molecular complexity index is 224. The van der Waals surface area contributed by atoms with E-state index < -0.39 is 6.10 Å². The van der Waals surface area contributed by atoms with Crippen LogP contribution in [0.3, 0.4) is 0 Å². The lowest BCUT2D eigenvalue weighted by molar-refractivity contribution is 0.199.